The number of rotatable bonds is 24. The van der Waals surface area contributed by atoms with Crippen LogP contribution in [-0.4, -0.2) is 116 Å². The molecule has 12 rings (SSSR count). The first-order valence-corrected chi connectivity index (χ1v) is 34.8. The molecule has 4 aliphatic heterocycles. The second kappa shape index (κ2) is 29.5. The average Bonchev–Trinajstić information content (AvgIpc) is 1.52. The number of benzene rings is 4. The highest BCUT2D eigenvalue weighted by Gasteiger charge is 2.68. The number of aliphatic imine (C=N–C) groups is 1. The zero-order valence-electron chi connectivity index (χ0n) is 54.4. The second-order valence-corrected chi connectivity index (χ2v) is 29.2. The largest absolute Gasteiger partial charge is 0.504 e. The number of ether oxygens (including phenoxy) is 1. The van der Waals surface area contributed by atoms with Crippen LogP contribution in [0.2, 0.25) is 0 Å². The highest BCUT2D eigenvalue weighted by molar-refractivity contribution is 6.08. The Kier molecular flexibility index (Phi) is 21.0. The Balaban J connectivity index is 0.791. The standard InChI is InChI=1S/C77H103N9O6/c1-48(88)42-84-72-41-76(38-67-64-24-26-81-43-59(64)29-55-17-10-25-82-74(55)67)37-52(21-23-71(76)77(72)39-66-60(46-86-75(79)80)31-57(44-83-68(66)40-77)53-15-7-4-8-16-53)28-62(89)35-63(90)32-61(47-87)65-36-70(92-2)69(91)33-56(65)30-58-45-85-73(78)34-54(58)22-20-51-14-9-13-50(27-51)19-18-49-11-5-3-6-12-49/h3-17,27,32-34,36,45,48,52,55,57,59-60,64,66-68,71-74,81-85,87-88,91H,18-26,28-31,35,37-44,46-47,78H2,1-2H3,(H4,79,80,86). The Morgan fingerprint density at radius 3 is 2.40 bits per heavy atom. The van der Waals surface area contributed by atoms with Crippen molar-refractivity contribution in [2.45, 2.75) is 152 Å². The number of aromatic hydroxyl groups is 1. The van der Waals surface area contributed by atoms with Crippen LogP contribution in [0, 0.1) is 58.2 Å². The van der Waals surface area contributed by atoms with Crippen molar-refractivity contribution in [1.29, 1.82) is 0 Å². The number of Topliss-reactive ketones (excluding diaryl/α,β-unsaturated/α-hetero) is 1. The van der Waals surface area contributed by atoms with Gasteiger partial charge in [0.1, 0.15) is 5.78 Å². The summed E-state index contributed by atoms with van der Waals surface area (Å²) in [5, 5.41) is 53.0. The number of fused-ring (bicyclic) bond motifs is 5. The number of hydrogen-bond acceptors (Lipinski definition) is 13. The van der Waals surface area contributed by atoms with Gasteiger partial charge in [-0.2, -0.15) is 0 Å². The van der Waals surface area contributed by atoms with Crippen LogP contribution in [0.25, 0.3) is 5.57 Å². The van der Waals surface area contributed by atoms with E-state index < -0.39 is 12.7 Å². The van der Waals surface area contributed by atoms with Crippen LogP contribution in [0.1, 0.15) is 130 Å². The topological polar surface area (TPSA) is 255 Å². The number of guanidine groups is 1. The lowest BCUT2D eigenvalue weighted by molar-refractivity contribution is -0.126. The number of nitrogens with one attached hydrogen (secondary N) is 5. The van der Waals surface area contributed by atoms with E-state index >= 15 is 0 Å². The smallest absolute Gasteiger partial charge is 0.185 e. The predicted octanol–water partition coefficient (Wildman–Crippen LogP) is 8.71. The molecule has 14 N–H and O–H groups in total. The summed E-state index contributed by atoms with van der Waals surface area (Å²) in [5.41, 5.74) is 27.5. The summed E-state index contributed by atoms with van der Waals surface area (Å²) in [7, 11) is 1.48. The molecule has 92 heavy (non-hydrogen) atoms. The number of nitrogens with two attached hydrogens (primary N) is 3. The van der Waals surface area contributed by atoms with E-state index in [1.54, 1.807) is 12.1 Å². The van der Waals surface area contributed by atoms with Gasteiger partial charge in [-0.15, -0.1) is 0 Å². The third-order valence-electron chi connectivity index (χ3n) is 23.5. The number of methoxy groups -OCH3 is 1. The van der Waals surface area contributed by atoms with Gasteiger partial charge in [0.15, 0.2) is 23.2 Å². The fourth-order valence-electron chi connectivity index (χ4n) is 19.6. The maximum atomic E-state index is 14.8. The summed E-state index contributed by atoms with van der Waals surface area (Å²) >= 11 is 0. The number of aliphatic hydroxyl groups excluding tert-OH is 2. The Morgan fingerprint density at radius 1 is 0.859 bits per heavy atom. The lowest BCUT2D eigenvalue weighted by atomic mass is 9.52. The number of phenolic OH excluding ortho intramolecular Hbond substituents is 1. The highest BCUT2D eigenvalue weighted by Crippen LogP contribution is 2.71. The van der Waals surface area contributed by atoms with Crippen LogP contribution < -0.4 is 48.5 Å². The second-order valence-electron chi connectivity index (χ2n) is 29.2. The zero-order chi connectivity index (χ0) is 63.9. The van der Waals surface area contributed by atoms with Gasteiger partial charge in [-0.1, -0.05) is 97.1 Å². The summed E-state index contributed by atoms with van der Waals surface area (Å²) in [5.74, 6) is 3.46. The molecule has 6 fully saturated rings. The Hall–Kier alpha value is -6.43. The molecular weight excluding hydrogens is 1150 g/mol. The highest BCUT2D eigenvalue weighted by atomic mass is 16.5. The van der Waals surface area contributed by atoms with Gasteiger partial charge in [-0.05, 0) is 255 Å². The number of aryl methyl sites for hydroxylation is 3. The predicted molar refractivity (Wildman–Crippen MR) is 366 cm³/mol. The maximum Gasteiger partial charge on any atom is 0.185 e. The molecule has 4 saturated carbocycles. The molecular formula is C77H103N9O6. The van der Waals surface area contributed by atoms with Gasteiger partial charge in [-0.25, -0.2) is 0 Å². The van der Waals surface area contributed by atoms with Gasteiger partial charge in [-0.3, -0.25) is 14.6 Å². The zero-order valence-corrected chi connectivity index (χ0v) is 54.4. The summed E-state index contributed by atoms with van der Waals surface area (Å²) in [4.78, 5) is 34.0. The molecule has 1 spiro atoms. The molecule has 4 aliphatic carbocycles. The average molecular weight is 1250 g/mol. The molecule has 492 valence electrons. The molecule has 4 aromatic rings. The van der Waals surface area contributed by atoms with Crippen LogP contribution in [0.4, 0.5) is 0 Å². The lowest BCUT2D eigenvalue weighted by Gasteiger charge is -2.55. The summed E-state index contributed by atoms with van der Waals surface area (Å²) < 4.78 is 5.63. The fourth-order valence-corrected chi connectivity index (χ4v) is 19.6. The van der Waals surface area contributed by atoms with E-state index in [1.807, 2.05) is 19.2 Å². The molecule has 16 unspecified atom stereocenters. The molecule has 4 heterocycles. The van der Waals surface area contributed by atoms with Crippen molar-refractivity contribution in [2.24, 2.45) is 80.4 Å². The van der Waals surface area contributed by atoms with Gasteiger partial charge < -0.3 is 63.8 Å². The quantitative estimate of drug-likeness (QED) is 0.0103. The van der Waals surface area contributed by atoms with Gasteiger partial charge in [0, 0.05) is 56.9 Å². The van der Waals surface area contributed by atoms with Gasteiger partial charge in [0.05, 0.1) is 32.4 Å². The first-order chi connectivity index (χ1) is 44.7. The molecule has 2 saturated heterocycles. The summed E-state index contributed by atoms with van der Waals surface area (Å²) in [6.07, 6.45) is 23.6. The van der Waals surface area contributed by atoms with Gasteiger partial charge in [0.2, 0.25) is 0 Å². The molecule has 16 atom stereocenters. The van der Waals surface area contributed by atoms with Crippen LogP contribution in [0.5, 0.6) is 11.5 Å². The number of dihydropyridines is 1. The minimum atomic E-state index is -0.507. The molecule has 0 aromatic heterocycles. The van der Waals surface area contributed by atoms with Crippen LogP contribution in [-0.2, 0) is 35.3 Å². The van der Waals surface area contributed by atoms with E-state index in [9.17, 15) is 24.9 Å². The van der Waals surface area contributed by atoms with E-state index in [0.717, 1.165) is 114 Å². The Morgan fingerprint density at radius 2 is 1.63 bits per heavy atom. The number of piperidine rings is 1. The molecule has 15 heteroatoms. The summed E-state index contributed by atoms with van der Waals surface area (Å²) in [6, 6.07) is 34.4. The maximum absolute atomic E-state index is 14.8. The fraction of sp³-hybridized carbons (Fsp3) is 0.545. The first-order valence-electron chi connectivity index (χ1n) is 34.8. The third kappa shape index (κ3) is 14.9. The van der Waals surface area contributed by atoms with Crippen molar-refractivity contribution in [2.75, 3.05) is 53.0 Å². The number of ketones is 2. The number of carbonyl (C=O) groups is 2. The normalized spacial score (nSPS) is 32.0. The van der Waals surface area contributed by atoms with Gasteiger partial charge >= 0.3 is 0 Å². The lowest BCUT2D eigenvalue weighted by Crippen LogP contribution is -2.57. The molecule has 8 aliphatic rings. The van der Waals surface area contributed by atoms with Crippen LogP contribution >= 0.6 is 0 Å². The summed E-state index contributed by atoms with van der Waals surface area (Å²) in [6.45, 7) is 6.41. The third-order valence-corrected chi connectivity index (χ3v) is 23.5. The molecule has 15 nitrogen and oxygen atoms in total. The molecule has 0 amide bonds. The Bertz CT molecular complexity index is 3360. The minimum Gasteiger partial charge on any atom is -0.504 e. The molecule has 4 aromatic carbocycles. The van der Waals surface area contributed by atoms with Crippen molar-refractivity contribution < 1.29 is 29.6 Å². The number of phenols is 1. The Labute approximate surface area is 546 Å². The number of allylic oxidation sites excluding steroid dienone is 3. The van der Waals surface area contributed by atoms with E-state index in [2.05, 4.69) is 124 Å². The van der Waals surface area contributed by atoms with Crippen LogP contribution in [0.3, 0.4) is 0 Å². The first kappa shape index (κ1) is 65.6. The monoisotopic (exact) mass is 1250 g/mol. The number of nitrogens with zero attached hydrogens (tertiary/aromatic N) is 1. The molecule has 0 bridgehead atoms. The van der Waals surface area contributed by atoms with Gasteiger partial charge in [0.25, 0.3) is 0 Å². The number of aliphatic hydroxyl groups is 2. The van der Waals surface area contributed by atoms with E-state index in [1.165, 1.54) is 48.3 Å². The van der Waals surface area contributed by atoms with Crippen molar-refractivity contribution in [1.82, 2.24) is 26.6 Å². The molecule has 0 radical (unpaired) electrons. The minimum absolute atomic E-state index is 0.0529. The van der Waals surface area contributed by atoms with Crippen molar-refractivity contribution in [3.63, 3.8) is 0 Å². The van der Waals surface area contributed by atoms with E-state index in [4.69, 9.17) is 26.9 Å². The van der Waals surface area contributed by atoms with Crippen molar-refractivity contribution in [3.8, 4) is 11.5 Å². The van der Waals surface area contributed by atoms with E-state index in [-0.39, 0.29) is 76.4 Å². The van der Waals surface area contributed by atoms with Crippen molar-refractivity contribution >= 4 is 23.1 Å². The van der Waals surface area contributed by atoms with Crippen molar-refractivity contribution in [3.05, 3.63) is 172 Å². The SMILES string of the molecule is COc1cc(C(=CC(=O)CC(=O)CC2CCC3C(CC4C5CCNCC5CC5C=CCNC54)(C2)CC(NCC(C)O)C32CC3NCC(c4ccccc4)CC(CN=C(N)N)C3C2)CO)c(CC2=CNC(N)C=C2CCc2cccc(CCc3ccccc3)c2)cc1O. The van der Waals surface area contributed by atoms with E-state index in [0.29, 0.717) is 90.1 Å². The van der Waals surface area contributed by atoms with Crippen LogP contribution in [0.15, 0.2) is 144 Å². The number of hydrogen-bond donors (Lipinski definition) is 11. The number of carbonyl (C=O) groups excluding carboxylic acids is 2.